The monoisotopic (exact) mass is 384 g/mol. The Kier molecular flexibility index (Phi) is 3.38. The van der Waals surface area contributed by atoms with Crippen LogP contribution in [-0.4, -0.2) is 24.9 Å². The van der Waals surface area contributed by atoms with Crippen LogP contribution in [0.5, 0.6) is 5.75 Å². The van der Waals surface area contributed by atoms with E-state index in [0.29, 0.717) is 17.0 Å². The molecule has 2 aromatic carbocycles. The van der Waals surface area contributed by atoms with Gasteiger partial charge in [-0.15, -0.1) is 10.2 Å². The number of aromatic hydroxyl groups is 1. The summed E-state index contributed by atoms with van der Waals surface area (Å²) in [7, 11) is 0. The molecule has 0 saturated carbocycles. The molecule has 7 heteroatoms. The second kappa shape index (κ2) is 5.45. The second-order valence-electron chi connectivity index (χ2n) is 5.57. The molecule has 1 N–H and O–H groups in total. The first kappa shape index (κ1) is 14.9. The molecule has 0 amide bonds. The van der Waals surface area contributed by atoms with Crippen LogP contribution in [0.2, 0.25) is 0 Å². The average molecular weight is 385 g/mol. The highest BCUT2D eigenvalue weighted by Crippen LogP contribution is 2.36. The lowest BCUT2D eigenvalue weighted by Crippen LogP contribution is -1.91. The van der Waals surface area contributed by atoms with Gasteiger partial charge < -0.3 is 9.52 Å². The van der Waals surface area contributed by atoms with Crippen LogP contribution in [0, 0.1) is 13.8 Å². The Morgan fingerprint density at radius 1 is 1.12 bits per heavy atom. The lowest BCUT2D eigenvalue weighted by atomic mass is 10.1. The first-order valence-corrected chi connectivity index (χ1v) is 8.08. The Morgan fingerprint density at radius 2 is 1.88 bits per heavy atom. The lowest BCUT2D eigenvalue weighted by Gasteiger charge is -2.05. The number of hydrogen-bond acceptors (Lipinski definition) is 5. The molecule has 0 aliphatic carbocycles. The van der Waals surface area contributed by atoms with E-state index in [1.807, 2.05) is 19.9 Å². The van der Waals surface area contributed by atoms with Crippen LogP contribution in [-0.2, 0) is 0 Å². The number of hydrogen-bond donors (Lipinski definition) is 1. The molecule has 0 atom stereocenters. The van der Waals surface area contributed by atoms with E-state index in [9.17, 15) is 5.11 Å². The lowest BCUT2D eigenvalue weighted by molar-refractivity contribution is 0.474. The van der Waals surface area contributed by atoms with E-state index < -0.39 is 0 Å². The van der Waals surface area contributed by atoms with Crippen molar-refractivity contribution in [3.63, 3.8) is 0 Å². The quantitative estimate of drug-likeness (QED) is 0.561. The third kappa shape index (κ3) is 2.28. The number of halogens is 1. The van der Waals surface area contributed by atoms with E-state index in [0.717, 1.165) is 26.8 Å². The summed E-state index contributed by atoms with van der Waals surface area (Å²) in [4.78, 5) is 4.53. The molecule has 0 spiro atoms. The van der Waals surface area contributed by atoms with Crippen molar-refractivity contribution < 1.29 is 9.52 Å². The molecule has 6 nitrogen and oxygen atoms in total. The van der Waals surface area contributed by atoms with Crippen LogP contribution in [0.15, 0.2) is 45.8 Å². The van der Waals surface area contributed by atoms with Crippen LogP contribution < -0.4 is 0 Å². The van der Waals surface area contributed by atoms with Gasteiger partial charge in [0.25, 0.3) is 0 Å². The maximum Gasteiger partial charge on any atom is 0.231 e. The fourth-order valence-electron chi connectivity index (χ4n) is 2.55. The van der Waals surface area contributed by atoms with Gasteiger partial charge >= 0.3 is 0 Å². The molecule has 0 unspecified atom stereocenters. The molecule has 24 heavy (non-hydrogen) atoms. The van der Waals surface area contributed by atoms with Gasteiger partial charge in [0, 0.05) is 5.69 Å². The minimum atomic E-state index is 0.1000. The zero-order chi connectivity index (χ0) is 16.8. The standard InChI is InChI=1S/C17H13BrN4O2/c1-9-5-13-16(15(18)10(9)2)24-17(21-13)12-6-11(3-4-14(12)23)22-7-19-20-8-22/h3-8,23H,1-2H3. The summed E-state index contributed by atoms with van der Waals surface area (Å²) in [5.41, 5.74) is 4.96. The second-order valence-corrected chi connectivity index (χ2v) is 6.36. The van der Waals surface area contributed by atoms with Crippen LogP contribution >= 0.6 is 15.9 Å². The summed E-state index contributed by atoms with van der Waals surface area (Å²) in [6, 6.07) is 7.14. The number of fused-ring (bicyclic) bond motifs is 1. The van der Waals surface area contributed by atoms with Crippen molar-refractivity contribution in [3.05, 3.63) is 52.5 Å². The SMILES string of the molecule is Cc1cc2nc(-c3cc(-n4cnnc4)ccc3O)oc2c(Br)c1C. The highest BCUT2D eigenvalue weighted by Gasteiger charge is 2.17. The van der Waals surface area contributed by atoms with E-state index in [4.69, 9.17) is 4.42 Å². The Bertz CT molecular complexity index is 1050. The van der Waals surface area contributed by atoms with Crippen molar-refractivity contribution in [2.45, 2.75) is 13.8 Å². The van der Waals surface area contributed by atoms with Gasteiger partial charge in [-0.05, 0) is 65.2 Å². The third-order valence-electron chi connectivity index (χ3n) is 4.05. The van der Waals surface area contributed by atoms with E-state index in [-0.39, 0.29) is 5.75 Å². The zero-order valence-corrected chi connectivity index (χ0v) is 14.6. The fourth-order valence-corrected chi connectivity index (χ4v) is 3.15. The van der Waals surface area contributed by atoms with Gasteiger partial charge in [0.05, 0.1) is 10.0 Å². The number of nitrogens with zero attached hydrogens (tertiary/aromatic N) is 4. The van der Waals surface area contributed by atoms with E-state index >= 15 is 0 Å². The maximum atomic E-state index is 10.2. The van der Waals surface area contributed by atoms with Crippen molar-refractivity contribution >= 4 is 27.0 Å². The fraction of sp³-hybridized carbons (Fsp3) is 0.118. The first-order chi connectivity index (χ1) is 11.5. The van der Waals surface area contributed by atoms with Crippen LogP contribution in [0.3, 0.4) is 0 Å². The maximum absolute atomic E-state index is 10.2. The smallest absolute Gasteiger partial charge is 0.231 e. The summed E-state index contributed by atoms with van der Waals surface area (Å²) in [6.07, 6.45) is 3.18. The predicted octanol–water partition coefficient (Wildman–Crippen LogP) is 4.16. The molecule has 0 aliphatic rings. The minimum absolute atomic E-state index is 0.1000. The number of phenolic OH excluding ortho intramolecular Hbond substituents is 1. The van der Waals surface area contributed by atoms with Gasteiger partial charge in [-0.3, -0.25) is 4.57 Å². The third-order valence-corrected chi connectivity index (χ3v) is 5.01. The Balaban J connectivity index is 1.91. The van der Waals surface area contributed by atoms with Gasteiger partial charge in [-0.1, -0.05) is 0 Å². The van der Waals surface area contributed by atoms with Gasteiger partial charge in [0.1, 0.15) is 23.9 Å². The summed E-state index contributed by atoms with van der Waals surface area (Å²) in [5.74, 6) is 0.464. The summed E-state index contributed by atoms with van der Waals surface area (Å²) in [5, 5.41) is 17.8. The molecule has 2 heterocycles. The topological polar surface area (TPSA) is 77.0 Å². The molecule has 0 saturated heterocycles. The van der Waals surface area contributed by atoms with Gasteiger partial charge in [-0.25, -0.2) is 4.98 Å². The molecular weight excluding hydrogens is 372 g/mol. The van der Waals surface area contributed by atoms with Crippen molar-refractivity contribution in [2.75, 3.05) is 0 Å². The Morgan fingerprint density at radius 3 is 2.62 bits per heavy atom. The first-order valence-electron chi connectivity index (χ1n) is 7.29. The summed E-state index contributed by atoms with van der Waals surface area (Å²) >= 11 is 3.57. The van der Waals surface area contributed by atoms with Crippen molar-refractivity contribution in [3.8, 4) is 22.9 Å². The van der Waals surface area contributed by atoms with Crippen molar-refractivity contribution in [1.82, 2.24) is 19.7 Å². The number of benzene rings is 2. The van der Waals surface area contributed by atoms with Gasteiger partial charge in [0.15, 0.2) is 5.58 Å². The highest BCUT2D eigenvalue weighted by molar-refractivity contribution is 9.10. The van der Waals surface area contributed by atoms with E-state index in [1.165, 1.54) is 0 Å². The summed E-state index contributed by atoms with van der Waals surface area (Å²) in [6.45, 7) is 4.04. The minimum Gasteiger partial charge on any atom is -0.507 e. The molecule has 0 aliphatic heterocycles. The van der Waals surface area contributed by atoms with Crippen LogP contribution in [0.1, 0.15) is 11.1 Å². The number of phenols is 1. The molecule has 2 aromatic heterocycles. The van der Waals surface area contributed by atoms with Gasteiger partial charge in [0.2, 0.25) is 5.89 Å². The predicted molar refractivity (Wildman–Crippen MR) is 93.2 cm³/mol. The normalized spacial score (nSPS) is 11.3. The number of oxazole rings is 1. The molecule has 0 radical (unpaired) electrons. The summed E-state index contributed by atoms with van der Waals surface area (Å²) < 4.78 is 8.54. The number of aromatic nitrogens is 4. The highest BCUT2D eigenvalue weighted by atomic mass is 79.9. The molecule has 4 rings (SSSR count). The van der Waals surface area contributed by atoms with Crippen LogP contribution in [0.25, 0.3) is 28.2 Å². The Labute approximate surface area is 145 Å². The van der Waals surface area contributed by atoms with Gasteiger partial charge in [-0.2, -0.15) is 0 Å². The zero-order valence-electron chi connectivity index (χ0n) is 13.0. The number of aryl methyl sites for hydroxylation is 1. The molecule has 0 bridgehead atoms. The van der Waals surface area contributed by atoms with Crippen LogP contribution in [0.4, 0.5) is 0 Å². The number of rotatable bonds is 2. The molecule has 120 valence electrons. The van der Waals surface area contributed by atoms with E-state index in [1.54, 1.807) is 35.4 Å². The van der Waals surface area contributed by atoms with E-state index in [2.05, 4.69) is 31.1 Å². The van der Waals surface area contributed by atoms with Crippen molar-refractivity contribution in [1.29, 1.82) is 0 Å². The average Bonchev–Trinajstić information content (AvgIpc) is 3.23. The van der Waals surface area contributed by atoms with Crippen molar-refractivity contribution in [2.24, 2.45) is 0 Å². The molecule has 4 aromatic rings. The molecule has 0 fully saturated rings. The Hall–Kier alpha value is -2.67. The molecular formula is C17H13BrN4O2. The largest absolute Gasteiger partial charge is 0.507 e.